The van der Waals surface area contributed by atoms with Gasteiger partial charge in [-0.15, -0.1) is 0 Å². The minimum Gasteiger partial charge on any atom is -0.390 e. The molecule has 136 valence electrons. The van der Waals surface area contributed by atoms with Gasteiger partial charge in [-0.05, 0) is 28.8 Å². The van der Waals surface area contributed by atoms with Gasteiger partial charge in [0.05, 0.1) is 6.10 Å². The Balaban J connectivity index is 1.66. The maximum atomic E-state index is 13.2. The summed E-state index contributed by atoms with van der Waals surface area (Å²) in [5.74, 6) is -0.257. The first-order valence-corrected chi connectivity index (χ1v) is 9.05. The summed E-state index contributed by atoms with van der Waals surface area (Å²) in [6, 6.07) is 26.0. The van der Waals surface area contributed by atoms with Crippen LogP contribution in [-0.4, -0.2) is 22.2 Å². The molecule has 0 aromatic heterocycles. The van der Waals surface area contributed by atoms with Gasteiger partial charge in [-0.25, -0.2) is 5.06 Å². The molecule has 0 heterocycles. The van der Waals surface area contributed by atoms with Crippen LogP contribution in [0.2, 0.25) is 0 Å². The Morgan fingerprint density at radius 3 is 2.30 bits per heavy atom. The van der Waals surface area contributed by atoms with Crippen molar-refractivity contribution in [3.8, 4) is 0 Å². The maximum absolute atomic E-state index is 13.2. The van der Waals surface area contributed by atoms with Crippen LogP contribution in [0.3, 0.4) is 0 Å². The van der Waals surface area contributed by atoms with Crippen LogP contribution in [0.1, 0.15) is 33.1 Å². The molecule has 27 heavy (non-hydrogen) atoms. The van der Waals surface area contributed by atoms with E-state index in [9.17, 15) is 9.90 Å². The van der Waals surface area contributed by atoms with Crippen LogP contribution in [-0.2, 0) is 17.9 Å². The summed E-state index contributed by atoms with van der Waals surface area (Å²) >= 11 is 0. The third kappa shape index (κ3) is 3.63. The zero-order valence-electron chi connectivity index (χ0n) is 14.9. The average Bonchev–Trinajstić information content (AvgIpc) is 3.05. The van der Waals surface area contributed by atoms with Crippen LogP contribution in [0.5, 0.6) is 0 Å². The lowest BCUT2D eigenvalue weighted by molar-refractivity contribution is -0.177. The summed E-state index contributed by atoms with van der Waals surface area (Å²) in [5.41, 5.74) is 3.47. The molecule has 2 unspecified atom stereocenters. The predicted octanol–water partition coefficient (Wildman–Crippen LogP) is 3.92. The molecular formula is C23H21NO3. The van der Waals surface area contributed by atoms with Crippen molar-refractivity contribution >= 4 is 5.91 Å². The van der Waals surface area contributed by atoms with Crippen molar-refractivity contribution in [3.63, 3.8) is 0 Å². The third-order valence-electron chi connectivity index (χ3n) is 4.85. The van der Waals surface area contributed by atoms with Gasteiger partial charge in [-0.1, -0.05) is 72.8 Å². The Bertz CT molecular complexity index is 911. The zero-order chi connectivity index (χ0) is 18.6. The van der Waals surface area contributed by atoms with Crippen LogP contribution < -0.4 is 0 Å². The van der Waals surface area contributed by atoms with Gasteiger partial charge in [0, 0.05) is 12.0 Å². The number of hydrogen-bond acceptors (Lipinski definition) is 3. The summed E-state index contributed by atoms with van der Waals surface area (Å²) in [6.45, 7) is 0.255. The van der Waals surface area contributed by atoms with E-state index >= 15 is 0 Å². The molecule has 0 spiro atoms. The largest absolute Gasteiger partial charge is 0.390 e. The molecule has 1 amide bonds. The zero-order valence-corrected chi connectivity index (χ0v) is 14.9. The number of hydroxylamine groups is 2. The van der Waals surface area contributed by atoms with Crippen molar-refractivity contribution in [3.05, 3.63) is 107 Å². The van der Waals surface area contributed by atoms with Gasteiger partial charge in [-0.3, -0.25) is 9.63 Å². The molecule has 3 aromatic carbocycles. The average molecular weight is 359 g/mol. The second kappa shape index (κ2) is 7.74. The van der Waals surface area contributed by atoms with Crippen molar-refractivity contribution in [1.29, 1.82) is 0 Å². The summed E-state index contributed by atoms with van der Waals surface area (Å²) in [7, 11) is 0. The van der Waals surface area contributed by atoms with E-state index in [1.807, 2.05) is 72.8 Å². The van der Waals surface area contributed by atoms with Crippen LogP contribution in [0.15, 0.2) is 84.9 Å². The number of benzene rings is 3. The fraction of sp³-hybridized carbons (Fsp3) is 0.174. The lowest BCUT2D eigenvalue weighted by atomic mass is 10.1. The summed E-state index contributed by atoms with van der Waals surface area (Å²) in [4.78, 5) is 19.2. The number of hydrogen-bond donors (Lipinski definition) is 1. The molecule has 1 aliphatic rings. The Hall–Kier alpha value is -2.95. The van der Waals surface area contributed by atoms with Crippen LogP contribution in [0.4, 0.5) is 0 Å². The van der Waals surface area contributed by atoms with E-state index in [1.165, 1.54) is 5.06 Å². The Morgan fingerprint density at radius 2 is 1.56 bits per heavy atom. The highest BCUT2D eigenvalue weighted by molar-refractivity contribution is 5.93. The van der Waals surface area contributed by atoms with Gasteiger partial charge in [-0.2, -0.15) is 0 Å². The number of aliphatic hydroxyl groups is 1. The van der Waals surface area contributed by atoms with Crippen LogP contribution in [0, 0.1) is 0 Å². The number of nitrogens with zero attached hydrogens (tertiary/aromatic N) is 1. The topological polar surface area (TPSA) is 49.8 Å². The second-order valence-corrected chi connectivity index (χ2v) is 6.67. The molecule has 4 rings (SSSR count). The SMILES string of the molecule is O=C(c1ccccc1)N(OCc1ccccc1)C1c2ccccc2CC1O. The van der Waals surface area contributed by atoms with Gasteiger partial charge >= 0.3 is 0 Å². The van der Waals surface area contributed by atoms with E-state index in [-0.39, 0.29) is 12.5 Å². The van der Waals surface area contributed by atoms with Crippen molar-refractivity contribution in [1.82, 2.24) is 5.06 Å². The molecule has 4 nitrogen and oxygen atoms in total. The second-order valence-electron chi connectivity index (χ2n) is 6.67. The monoisotopic (exact) mass is 359 g/mol. The molecule has 1 aliphatic carbocycles. The molecule has 0 saturated carbocycles. The Labute approximate surface area is 158 Å². The molecule has 3 aromatic rings. The highest BCUT2D eigenvalue weighted by atomic mass is 16.7. The number of carbonyl (C=O) groups excluding carboxylic acids is 1. The van der Waals surface area contributed by atoms with E-state index in [0.29, 0.717) is 12.0 Å². The maximum Gasteiger partial charge on any atom is 0.278 e. The third-order valence-corrected chi connectivity index (χ3v) is 4.85. The number of rotatable bonds is 5. The first kappa shape index (κ1) is 17.5. The quantitative estimate of drug-likeness (QED) is 0.703. The first-order valence-electron chi connectivity index (χ1n) is 9.05. The molecular weight excluding hydrogens is 338 g/mol. The van der Waals surface area contributed by atoms with Crippen molar-refractivity contribution < 1.29 is 14.7 Å². The fourth-order valence-electron chi connectivity index (χ4n) is 3.53. The lowest BCUT2D eigenvalue weighted by Crippen LogP contribution is -2.39. The molecule has 0 bridgehead atoms. The normalized spacial score (nSPS) is 18.1. The minimum absolute atomic E-state index is 0.255. The molecule has 4 heteroatoms. The van der Waals surface area contributed by atoms with Crippen LogP contribution in [0.25, 0.3) is 0 Å². The van der Waals surface area contributed by atoms with Gasteiger partial charge in [0.1, 0.15) is 12.6 Å². The van der Waals surface area contributed by atoms with Crippen molar-refractivity contribution in [2.45, 2.75) is 25.2 Å². The van der Waals surface area contributed by atoms with E-state index in [2.05, 4.69) is 0 Å². The Morgan fingerprint density at radius 1 is 0.926 bits per heavy atom. The fourth-order valence-corrected chi connectivity index (χ4v) is 3.53. The molecule has 0 radical (unpaired) electrons. The van der Waals surface area contributed by atoms with Gasteiger partial charge in [0.15, 0.2) is 0 Å². The standard InChI is InChI=1S/C23H21NO3/c25-21-15-19-13-7-8-14-20(19)22(21)24(23(26)18-11-5-2-6-12-18)27-16-17-9-3-1-4-10-17/h1-14,21-22,25H,15-16H2. The smallest absolute Gasteiger partial charge is 0.278 e. The molecule has 2 atom stereocenters. The van der Waals surface area contributed by atoms with E-state index in [4.69, 9.17) is 4.84 Å². The van der Waals surface area contributed by atoms with E-state index in [1.54, 1.807) is 12.1 Å². The van der Waals surface area contributed by atoms with Gasteiger partial charge in [0.25, 0.3) is 5.91 Å². The molecule has 0 fully saturated rings. The predicted molar refractivity (Wildman–Crippen MR) is 103 cm³/mol. The lowest BCUT2D eigenvalue weighted by Gasteiger charge is -2.30. The summed E-state index contributed by atoms with van der Waals surface area (Å²) in [6.07, 6.45) is -0.195. The highest BCUT2D eigenvalue weighted by Crippen LogP contribution is 2.37. The number of fused-ring (bicyclic) bond motifs is 1. The number of aliphatic hydroxyl groups excluding tert-OH is 1. The summed E-state index contributed by atoms with van der Waals surface area (Å²) in [5, 5.41) is 12.0. The minimum atomic E-state index is -0.703. The molecule has 0 aliphatic heterocycles. The van der Waals surface area contributed by atoms with Crippen molar-refractivity contribution in [2.75, 3.05) is 0 Å². The van der Waals surface area contributed by atoms with Crippen LogP contribution >= 0.6 is 0 Å². The molecule has 0 saturated heterocycles. The van der Waals surface area contributed by atoms with Crippen molar-refractivity contribution in [2.24, 2.45) is 0 Å². The number of amides is 1. The van der Waals surface area contributed by atoms with E-state index < -0.39 is 12.1 Å². The van der Waals surface area contributed by atoms with E-state index in [0.717, 1.165) is 16.7 Å². The molecule has 1 N–H and O–H groups in total. The van der Waals surface area contributed by atoms with Gasteiger partial charge < -0.3 is 5.11 Å². The number of carbonyl (C=O) groups is 1. The van der Waals surface area contributed by atoms with Gasteiger partial charge in [0.2, 0.25) is 0 Å². The Kier molecular flexibility index (Phi) is 5.01. The first-order chi connectivity index (χ1) is 13.2. The highest BCUT2D eigenvalue weighted by Gasteiger charge is 2.39. The summed E-state index contributed by atoms with van der Waals surface area (Å²) < 4.78 is 0.